The zero-order valence-corrected chi connectivity index (χ0v) is 24.8. The Balaban J connectivity index is 1.18. The highest BCUT2D eigenvalue weighted by Crippen LogP contribution is 2.50. The van der Waals surface area contributed by atoms with E-state index in [1.165, 1.54) is 76.6 Å². The van der Waals surface area contributed by atoms with Crippen LogP contribution in [-0.2, 0) is 0 Å². The third kappa shape index (κ3) is 3.01. The van der Waals surface area contributed by atoms with E-state index in [9.17, 15) is 0 Å². The quantitative estimate of drug-likeness (QED) is 0.198. The lowest BCUT2D eigenvalue weighted by molar-refractivity contribution is 0.671. The monoisotopic (exact) mass is 583 g/mol. The molecule has 8 aromatic carbocycles. The van der Waals surface area contributed by atoms with Gasteiger partial charge in [0.2, 0.25) is 0 Å². The van der Waals surface area contributed by atoms with Gasteiger partial charge in [-0.1, -0.05) is 127 Å². The second-order valence-corrected chi connectivity index (χ2v) is 12.4. The molecule has 0 aliphatic heterocycles. The van der Waals surface area contributed by atoms with E-state index in [0.29, 0.717) is 0 Å². The summed E-state index contributed by atoms with van der Waals surface area (Å²) in [5.41, 5.74) is 13.0. The van der Waals surface area contributed by atoms with Gasteiger partial charge in [0.1, 0.15) is 5.58 Å². The van der Waals surface area contributed by atoms with Gasteiger partial charge >= 0.3 is 0 Å². The van der Waals surface area contributed by atoms with Gasteiger partial charge in [-0.15, -0.1) is 0 Å². The largest absolute Gasteiger partial charge is 0.454 e. The molecule has 0 unspecified atom stereocenters. The maximum Gasteiger partial charge on any atom is 0.160 e. The van der Waals surface area contributed by atoms with Gasteiger partial charge in [-0.25, -0.2) is 0 Å². The van der Waals surface area contributed by atoms with E-state index in [1.54, 1.807) is 0 Å². The molecule has 46 heavy (non-hydrogen) atoms. The molecule has 11 rings (SSSR count). The fraction of sp³-hybridized carbons (Fsp3) is 0. The standard InChI is InChI=1S/C44H25NO/c1-2-11-30-29(10-1)32-17-9-16-31-28(24-25-35(30)40(31)32)26-20-22-27(23-21-26)45-38-18-7-5-14-36(38)41-33-12-3-4-13-34(33)42-37-15-6-8-19-39(37)46-44(42)43(41)45/h1-25H. The zero-order chi connectivity index (χ0) is 29.9. The van der Waals surface area contributed by atoms with E-state index in [0.717, 1.165) is 27.8 Å². The van der Waals surface area contributed by atoms with E-state index in [-0.39, 0.29) is 0 Å². The lowest BCUT2D eigenvalue weighted by Gasteiger charge is -2.12. The maximum absolute atomic E-state index is 6.74. The van der Waals surface area contributed by atoms with Crippen LogP contribution in [0.2, 0.25) is 0 Å². The number of aromatic nitrogens is 1. The minimum Gasteiger partial charge on any atom is -0.454 e. The minimum atomic E-state index is 0.913. The zero-order valence-electron chi connectivity index (χ0n) is 24.8. The number of para-hydroxylation sites is 2. The van der Waals surface area contributed by atoms with Gasteiger partial charge in [0.05, 0.1) is 11.0 Å². The van der Waals surface area contributed by atoms with Crippen LogP contribution in [0.5, 0.6) is 0 Å². The van der Waals surface area contributed by atoms with Gasteiger partial charge in [-0.2, -0.15) is 0 Å². The van der Waals surface area contributed by atoms with Crippen LogP contribution >= 0.6 is 0 Å². The van der Waals surface area contributed by atoms with Crippen molar-refractivity contribution in [2.75, 3.05) is 0 Å². The molecule has 0 N–H and O–H groups in total. The first-order valence-corrected chi connectivity index (χ1v) is 15.9. The summed E-state index contributed by atoms with van der Waals surface area (Å²) in [4.78, 5) is 0. The van der Waals surface area contributed by atoms with Crippen LogP contribution in [0.15, 0.2) is 156 Å². The topological polar surface area (TPSA) is 18.1 Å². The summed E-state index contributed by atoms with van der Waals surface area (Å²) < 4.78 is 9.14. The molecule has 2 nitrogen and oxygen atoms in total. The SMILES string of the molecule is c1ccc2c(c1)-c1cccc3c(-c4ccc(-n5c6ccccc6c6c7ccccc7c7c8ccccc8oc7c65)cc4)ccc-2c13. The molecule has 1 aliphatic rings. The highest BCUT2D eigenvalue weighted by atomic mass is 16.3. The Morgan fingerprint density at radius 1 is 0.370 bits per heavy atom. The summed E-state index contributed by atoms with van der Waals surface area (Å²) in [6.45, 7) is 0. The van der Waals surface area contributed by atoms with Crippen LogP contribution in [0, 0.1) is 0 Å². The van der Waals surface area contributed by atoms with Gasteiger partial charge in [0, 0.05) is 27.2 Å². The fourth-order valence-electron chi connectivity index (χ4n) is 8.24. The van der Waals surface area contributed by atoms with Gasteiger partial charge in [-0.3, -0.25) is 0 Å². The highest BCUT2D eigenvalue weighted by molar-refractivity contribution is 6.35. The van der Waals surface area contributed by atoms with E-state index < -0.39 is 0 Å². The Morgan fingerprint density at radius 3 is 1.76 bits per heavy atom. The van der Waals surface area contributed by atoms with Crippen molar-refractivity contribution in [3.8, 4) is 39.1 Å². The average molecular weight is 584 g/mol. The van der Waals surface area contributed by atoms with Crippen LogP contribution in [-0.4, -0.2) is 4.57 Å². The second-order valence-electron chi connectivity index (χ2n) is 12.4. The Labute approximate surface area is 264 Å². The molecule has 10 aromatic rings. The number of hydrogen-bond acceptors (Lipinski definition) is 1. The highest BCUT2D eigenvalue weighted by Gasteiger charge is 2.24. The van der Waals surface area contributed by atoms with Crippen LogP contribution in [0.25, 0.3) is 104 Å². The van der Waals surface area contributed by atoms with Gasteiger partial charge in [0.15, 0.2) is 5.58 Å². The Bertz CT molecular complexity index is 2870. The summed E-state index contributed by atoms with van der Waals surface area (Å²) >= 11 is 0. The van der Waals surface area contributed by atoms with Crippen molar-refractivity contribution in [2.24, 2.45) is 0 Å². The molecule has 0 radical (unpaired) electrons. The molecule has 0 fully saturated rings. The van der Waals surface area contributed by atoms with Crippen LogP contribution < -0.4 is 0 Å². The summed E-state index contributed by atoms with van der Waals surface area (Å²) in [7, 11) is 0. The van der Waals surface area contributed by atoms with Crippen LogP contribution in [0.3, 0.4) is 0 Å². The number of rotatable bonds is 2. The minimum absolute atomic E-state index is 0.913. The molecule has 0 bridgehead atoms. The molecule has 2 heterocycles. The summed E-state index contributed by atoms with van der Waals surface area (Å²) in [5.74, 6) is 0. The first-order chi connectivity index (χ1) is 22.8. The Morgan fingerprint density at radius 2 is 0.957 bits per heavy atom. The molecule has 0 atom stereocenters. The van der Waals surface area contributed by atoms with Gasteiger partial charge in [0.25, 0.3) is 0 Å². The van der Waals surface area contributed by atoms with Gasteiger partial charge < -0.3 is 8.98 Å². The number of nitrogens with zero attached hydrogens (tertiary/aromatic N) is 1. The van der Waals surface area contributed by atoms with Crippen molar-refractivity contribution in [1.29, 1.82) is 0 Å². The predicted molar refractivity (Wildman–Crippen MR) is 193 cm³/mol. The van der Waals surface area contributed by atoms with E-state index >= 15 is 0 Å². The third-order valence-corrected chi connectivity index (χ3v) is 10.1. The molecule has 0 amide bonds. The van der Waals surface area contributed by atoms with Crippen molar-refractivity contribution in [1.82, 2.24) is 4.57 Å². The molecule has 212 valence electrons. The fourth-order valence-corrected chi connectivity index (χ4v) is 8.24. The van der Waals surface area contributed by atoms with Crippen molar-refractivity contribution >= 4 is 65.3 Å². The summed E-state index contributed by atoms with van der Waals surface area (Å²) in [6, 6.07) is 55.1. The molecule has 2 aromatic heterocycles. The van der Waals surface area contributed by atoms with Gasteiger partial charge in [-0.05, 0) is 79.2 Å². The number of fused-ring (bicyclic) bond motifs is 13. The third-order valence-electron chi connectivity index (χ3n) is 10.1. The number of hydrogen-bond donors (Lipinski definition) is 0. The number of furan rings is 1. The van der Waals surface area contributed by atoms with E-state index in [4.69, 9.17) is 4.42 Å². The first kappa shape index (κ1) is 24.2. The summed E-state index contributed by atoms with van der Waals surface area (Å²) in [6.07, 6.45) is 0. The van der Waals surface area contributed by atoms with E-state index in [2.05, 4.69) is 156 Å². The van der Waals surface area contributed by atoms with E-state index in [1.807, 2.05) is 0 Å². The van der Waals surface area contributed by atoms with Crippen molar-refractivity contribution < 1.29 is 4.42 Å². The molecule has 2 heteroatoms. The summed E-state index contributed by atoms with van der Waals surface area (Å²) in [5, 5.41) is 9.91. The smallest absolute Gasteiger partial charge is 0.160 e. The first-order valence-electron chi connectivity index (χ1n) is 15.9. The number of benzene rings is 8. The molecular weight excluding hydrogens is 558 g/mol. The average Bonchev–Trinajstić information content (AvgIpc) is 3.78. The lowest BCUT2D eigenvalue weighted by Crippen LogP contribution is -1.94. The Hall–Kier alpha value is -6.12. The van der Waals surface area contributed by atoms with Crippen molar-refractivity contribution in [3.63, 3.8) is 0 Å². The molecule has 0 spiro atoms. The van der Waals surface area contributed by atoms with Crippen molar-refractivity contribution in [3.05, 3.63) is 152 Å². The Kier molecular flexibility index (Phi) is 4.61. The molecule has 0 saturated heterocycles. The second kappa shape index (κ2) is 8.74. The normalized spacial score (nSPS) is 12.3. The molecule has 0 saturated carbocycles. The maximum atomic E-state index is 6.74. The van der Waals surface area contributed by atoms with Crippen LogP contribution in [0.1, 0.15) is 0 Å². The molecule has 1 aliphatic carbocycles. The van der Waals surface area contributed by atoms with Crippen LogP contribution in [0.4, 0.5) is 0 Å². The lowest BCUT2D eigenvalue weighted by atomic mass is 9.94. The molecular formula is C44H25NO. The van der Waals surface area contributed by atoms with Crippen molar-refractivity contribution in [2.45, 2.75) is 0 Å². The predicted octanol–water partition coefficient (Wildman–Crippen LogP) is 12.3.